The number of aliphatic hydroxyl groups excluding tert-OH is 2. The Morgan fingerprint density at radius 1 is 1.23 bits per heavy atom. The molecule has 0 spiro atoms. The van der Waals surface area contributed by atoms with Gasteiger partial charge in [-0.05, 0) is 53.1 Å². The molecule has 0 radical (unpaired) electrons. The Hall–Kier alpha value is -2.26. The van der Waals surface area contributed by atoms with E-state index >= 15 is 0 Å². The van der Waals surface area contributed by atoms with E-state index in [1.807, 2.05) is 22.6 Å². The lowest BCUT2D eigenvalue weighted by molar-refractivity contribution is -0.139. The second-order valence-corrected chi connectivity index (χ2v) is 12.6. The minimum atomic E-state index is -1.14. The van der Waals surface area contributed by atoms with Gasteiger partial charge in [-0.3, -0.25) is 19.3 Å². The highest BCUT2D eigenvalue weighted by Crippen LogP contribution is 2.37. The summed E-state index contributed by atoms with van der Waals surface area (Å²) >= 11 is 2.04. The van der Waals surface area contributed by atoms with Gasteiger partial charge in [0.2, 0.25) is 11.8 Å². The summed E-state index contributed by atoms with van der Waals surface area (Å²) in [5.41, 5.74) is 0.782. The number of carbonyl (C=O) groups is 3. The summed E-state index contributed by atoms with van der Waals surface area (Å²) in [6, 6.07) is 2.49. The van der Waals surface area contributed by atoms with E-state index in [0.29, 0.717) is 71.1 Å². The Morgan fingerprint density at radius 2 is 1.98 bits per heavy atom. The molecule has 1 saturated carbocycles. The van der Waals surface area contributed by atoms with Gasteiger partial charge in [-0.2, -0.15) is 0 Å². The first-order valence-electron chi connectivity index (χ1n) is 15.2. The fourth-order valence-electron chi connectivity index (χ4n) is 6.16. The molecule has 2 fully saturated rings. The Labute approximate surface area is 267 Å². The predicted octanol–water partition coefficient (Wildman–Crippen LogP) is 2.16. The summed E-state index contributed by atoms with van der Waals surface area (Å²) in [6.45, 7) is 3.71. The molecule has 1 aromatic carbocycles. The summed E-state index contributed by atoms with van der Waals surface area (Å²) in [4.78, 5) is 42.5. The lowest BCUT2D eigenvalue weighted by Gasteiger charge is -2.41. The van der Waals surface area contributed by atoms with Gasteiger partial charge in [-0.15, -0.1) is 0 Å². The number of nitrogens with zero attached hydrogens (tertiary/aromatic N) is 2. The van der Waals surface area contributed by atoms with Crippen molar-refractivity contribution < 1.29 is 38.8 Å². The fraction of sp³-hybridized carbons (Fsp3) is 0.645. The van der Waals surface area contributed by atoms with Gasteiger partial charge in [0.05, 0.1) is 36.5 Å². The molecule has 43 heavy (non-hydrogen) atoms. The largest absolute Gasteiger partial charge is 0.493 e. The molecule has 4 rings (SSSR count). The molecule has 3 aliphatic rings. The smallest absolute Gasteiger partial charge is 0.247 e. The highest BCUT2D eigenvalue weighted by molar-refractivity contribution is 14.1. The lowest BCUT2D eigenvalue weighted by Crippen LogP contribution is -2.56. The van der Waals surface area contributed by atoms with Gasteiger partial charge < -0.3 is 34.6 Å². The van der Waals surface area contributed by atoms with Gasteiger partial charge in [0, 0.05) is 56.7 Å². The van der Waals surface area contributed by atoms with Crippen molar-refractivity contribution in [1.82, 2.24) is 15.1 Å². The van der Waals surface area contributed by atoms with Crippen LogP contribution in [0.15, 0.2) is 23.8 Å². The quantitative estimate of drug-likeness (QED) is 0.196. The SMILES string of the molecule is COc1cc(C=O)cc(I)c1O[C@H]1C=C(C(=O)NCCO)C[C@@H](N(CCN2CCOCC2)C(=O)CCC2CCCC2)[C@@H]1O. The number of halogens is 1. The number of ether oxygens (including phenoxy) is 3. The monoisotopic (exact) mass is 713 g/mol. The van der Waals surface area contributed by atoms with Gasteiger partial charge in [-0.1, -0.05) is 25.7 Å². The van der Waals surface area contributed by atoms with Crippen molar-refractivity contribution in [2.45, 2.75) is 63.2 Å². The lowest BCUT2D eigenvalue weighted by atomic mass is 9.87. The van der Waals surface area contributed by atoms with Crippen molar-refractivity contribution in [2.75, 3.05) is 59.7 Å². The number of aliphatic hydroxyl groups is 2. The van der Waals surface area contributed by atoms with Gasteiger partial charge >= 0.3 is 0 Å². The van der Waals surface area contributed by atoms with Crippen molar-refractivity contribution in [3.05, 3.63) is 32.9 Å². The molecule has 1 heterocycles. The van der Waals surface area contributed by atoms with E-state index in [1.165, 1.54) is 20.0 Å². The number of amides is 2. The number of benzene rings is 1. The van der Waals surface area contributed by atoms with E-state index in [0.717, 1.165) is 32.4 Å². The third-order valence-electron chi connectivity index (χ3n) is 8.58. The maximum absolute atomic E-state index is 13.9. The molecule has 1 saturated heterocycles. The van der Waals surface area contributed by atoms with Crippen molar-refractivity contribution in [3.8, 4) is 11.5 Å². The molecule has 12 heteroatoms. The van der Waals surface area contributed by atoms with Crippen molar-refractivity contribution in [3.63, 3.8) is 0 Å². The molecule has 3 N–H and O–H groups in total. The van der Waals surface area contributed by atoms with Crippen LogP contribution in [0, 0.1) is 9.49 Å². The van der Waals surface area contributed by atoms with Crippen LogP contribution in [0.5, 0.6) is 11.5 Å². The van der Waals surface area contributed by atoms with Crippen LogP contribution >= 0.6 is 22.6 Å². The summed E-state index contributed by atoms with van der Waals surface area (Å²) in [7, 11) is 1.47. The van der Waals surface area contributed by atoms with E-state index in [1.54, 1.807) is 23.1 Å². The molecule has 0 unspecified atom stereocenters. The number of aldehydes is 1. The highest BCUT2D eigenvalue weighted by atomic mass is 127. The van der Waals surface area contributed by atoms with E-state index in [4.69, 9.17) is 14.2 Å². The average Bonchev–Trinajstić information content (AvgIpc) is 3.55. The van der Waals surface area contributed by atoms with Crippen LogP contribution in [-0.2, 0) is 14.3 Å². The van der Waals surface area contributed by atoms with E-state index in [2.05, 4.69) is 10.2 Å². The topological polar surface area (TPSA) is 138 Å². The molecule has 11 nitrogen and oxygen atoms in total. The number of morpholine rings is 1. The maximum Gasteiger partial charge on any atom is 0.247 e. The molecule has 2 aliphatic carbocycles. The third kappa shape index (κ3) is 9.13. The number of hydrogen-bond acceptors (Lipinski definition) is 9. The summed E-state index contributed by atoms with van der Waals surface area (Å²) in [6.07, 6.45) is 6.22. The minimum Gasteiger partial charge on any atom is -0.493 e. The summed E-state index contributed by atoms with van der Waals surface area (Å²) in [5, 5.41) is 23.8. The van der Waals surface area contributed by atoms with Crippen LogP contribution in [0.2, 0.25) is 0 Å². The molecule has 1 aromatic rings. The first-order valence-corrected chi connectivity index (χ1v) is 16.3. The van der Waals surface area contributed by atoms with Crippen LogP contribution in [-0.4, -0.2) is 116 Å². The number of hydrogen-bond donors (Lipinski definition) is 3. The molecule has 2 amide bonds. The zero-order chi connectivity index (χ0) is 30.8. The Bertz CT molecular complexity index is 1140. The Kier molecular flexibility index (Phi) is 13.1. The number of methoxy groups -OCH3 is 1. The minimum absolute atomic E-state index is 0.0394. The van der Waals surface area contributed by atoms with Crippen LogP contribution < -0.4 is 14.8 Å². The molecular formula is C31H44IN3O8. The predicted molar refractivity (Wildman–Crippen MR) is 168 cm³/mol. The van der Waals surface area contributed by atoms with Crippen molar-refractivity contribution in [2.24, 2.45) is 5.92 Å². The second-order valence-electron chi connectivity index (χ2n) is 11.4. The third-order valence-corrected chi connectivity index (χ3v) is 9.38. The molecule has 0 aromatic heterocycles. The van der Waals surface area contributed by atoms with Gasteiger partial charge in [0.1, 0.15) is 18.5 Å². The average molecular weight is 714 g/mol. The second kappa shape index (κ2) is 16.7. The van der Waals surface area contributed by atoms with E-state index in [9.17, 15) is 24.6 Å². The van der Waals surface area contributed by atoms with Gasteiger partial charge in [0.15, 0.2) is 11.5 Å². The first kappa shape index (κ1) is 33.6. The van der Waals surface area contributed by atoms with Gasteiger partial charge in [-0.25, -0.2) is 0 Å². The molecule has 1 aliphatic heterocycles. The highest BCUT2D eigenvalue weighted by Gasteiger charge is 2.41. The number of nitrogens with one attached hydrogen (secondary N) is 1. The van der Waals surface area contributed by atoms with Crippen molar-refractivity contribution in [1.29, 1.82) is 0 Å². The first-order chi connectivity index (χ1) is 20.8. The van der Waals surface area contributed by atoms with Crippen LogP contribution in [0.4, 0.5) is 0 Å². The maximum atomic E-state index is 13.9. The molecule has 0 bridgehead atoms. The number of rotatable bonds is 14. The Morgan fingerprint density at radius 3 is 2.65 bits per heavy atom. The summed E-state index contributed by atoms with van der Waals surface area (Å²) in [5.74, 6) is 0.768. The van der Waals surface area contributed by atoms with Crippen LogP contribution in [0.1, 0.15) is 55.3 Å². The fourth-order valence-corrected chi connectivity index (χ4v) is 6.91. The summed E-state index contributed by atoms with van der Waals surface area (Å²) < 4.78 is 17.9. The zero-order valence-corrected chi connectivity index (χ0v) is 27.0. The van der Waals surface area contributed by atoms with Crippen molar-refractivity contribution >= 4 is 40.7 Å². The van der Waals surface area contributed by atoms with E-state index < -0.39 is 18.2 Å². The van der Waals surface area contributed by atoms with Gasteiger partial charge in [0.25, 0.3) is 0 Å². The van der Waals surface area contributed by atoms with E-state index in [-0.39, 0.29) is 31.4 Å². The Balaban J connectivity index is 1.62. The molecular weight excluding hydrogens is 669 g/mol. The standard InChI is InChI=1S/C31H44IN3O8/c1-41-27-17-22(20-37)16-24(32)30(27)43-26-19-23(31(40)33-8-13-36)18-25(29(26)39)35(10-9-34-11-14-42-15-12-34)28(38)7-6-21-4-2-3-5-21/h16-17,19-21,25-26,29,36,39H,2-15,18H2,1H3,(H,33,40)/t25-,26+,29+/m1/s1. The number of carbonyl (C=O) groups excluding carboxylic acids is 3. The molecule has 3 atom stereocenters. The normalized spacial score (nSPS) is 23.0. The molecule has 238 valence electrons. The van der Waals surface area contributed by atoms with Crippen LogP contribution in [0.25, 0.3) is 0 Å². The van der Waals surface area contributed by atoms with Crippen LogP contribution in [0.3, 0.4) is 0 Å². The zero-order valence-electron chi connectivity index (χ0n) is 24.8.